The highest BCUT2D eigenvalue weighted by atomic mass is 14.5. The summed E-state index contributed by atoms with van der Waals surface area (Å²) >= 11 is 0. The molecular formula is C17H26. The summed E-state index contributed by atoms with van der Waals surface area (Å²) in [7, 11) is 0. The van der Waals surface area contributed by atoms with Crippen LogP contribution in [0.15, 0.2) is 24.3 Å². The van der Waals surface area contributed by atoms with Crippen molar-refractivity contribution in [1.29, 1.82) is 0 Å². The lowest BCUT2D eigenvalue weighted by molar-refractivity contribution is 0.0874. The molecule has 0 heteroatoms. The average Bonchev–Trinajstić information content (AvgIpc) is 2.37. The van der Waals surface area contributed by atoms with E-state index in [1.165, 1.54) is 51.4 Å². The molecule has 2 unspecified atom stereocenters. The van der Waals surface area contributed by atoms with E-state index >= 15 is 0 Å². The van der Waals surface area contributed by atoms with Gasteiger partial charge in [-0.2, -0.15) is 0 Å². The maximum Gasteiger partial charge on any atom is -0.00854 e. The Balaban J connectivity index is 1.89. The Morgan fingerprint density at radius 1 is 1.29 bits per heavy atom. The Hall–Kier alpha value is -0.520. The van der Waals surface area contributed by atoms with Gasteiger partial charge in [0.05, 0.1) is 0 Å². The number of hydrogen-bond donors (Lipinski definition) is 0. The summed E-state index contributed by atoms with van der Waals surface area (Å²) in [6.45, 7) is 6.56. The van der Waals surface area contributed by atoms with Crippen molar-refractivity contribution in [2.24, 2.45) is 23.2 Å². The topological polar surface area (TPSA) is 0 Å². The molecule has 0 aromatic heterocycles. The first-order valence-electron chi connectivity index (χ1n) is 7.57. The predicted molar refractivity (Wildman–Crippen MR) is 73.8 cm³/mol. The molecule has 0 amide bonds. The van der Waals surface area contributed by atoms with Crippen LogP contribution in [0, 0.1) is 23.2 Å². The Morgan fingerprint density at radius 2 is 2.18 bits per heavy atom. The number of fused-ring (bicyclic) bond motifs is 3. The molecule has 2 fully saturated rings. The molecule has 17 heavy (non-hydrogen) atoms. The Labute approximate surface area is 106 Å². The third-order valence-electron chi connectivity index (χ3n) is 5.92. The lowest BCUT2D eigenvalue weighted by atomic mass is 9.53. The third kappa shape index (κ3) is 1.80. The smallest absolute Gasteiger partial charge is 0.00854 e. The second kappa shape index (κ2) is 4.30. The van der Waals surface area contributed by atoms with Crippen molar-refractivity contribution < 1.29 is 0 Å². The fraction of sp³-hybridized carbons (Fsp3) is 0.765. The van der Waals surface area contributed by atoms with Gasteiger partial charge in [0, 0.05) is 0 Å². The van der Waals surface area contributed by atoms with E-state index in [2.05, 4.69) is 25.7 Å². The summed E-state index contributed by atoms with van der Waals surface area (Å²) in [4.78, 5) is 0. The van der Waals surface area contributed by atoms with Gasteiger partial charge in [0.1, 0.15) is 0 Å². The van der Waals surface area contributed by atoms with Crippen molar-refractivity contribution in [2.75, 3.05) is 0 Å². The molecule has 3 rings (SSSR count). The van der Waals surface area contributed by atoms with E-state index in [1.54, 1.807) is 0 Å². The predicted octanol–water partition coefficient (Wildman–Crippen LogP) is 5.12. The van der Waals surface area contributed by atoms with Crippen molar-refractivity contribution in [3.8, 4) is 0 Å². The highest BCUT2D eigenvalue weighted by molar-refractivity contribution is 5.25. The number of hydrogen-bond acceptors (Lipinski definition) is 0. The van der Waals surface area contributed by atoms with Crippen LogP contribution in [0.4, 0.5) is 0 Å². The van der Waals surface area contributed by atoms with E-state index in [0.29, 0.717) is 5.41 Å². The largest absolute Gasteiger partial charge is 0.103 e. The highest BCUT2D eigenvalue weighted by Crippen LogP contribution is 2.57. The van der Waals surface area contributed by atoms with Crippen LogP contribution in [0.5, 0.6) is 0 Å². The van der Waals surface area contributed by atoms with Crippen LogP contribution in [-0.2, 0) is 0 Å². The Kier molecular flexibility index (Phi) is 2.92. The lowest BCUT2D eigenvalue weighted by Gasteiger charge is -2.52. The van der Waals surface area contributed by atoms with Crippen molar-refractivity contribution in [2.45, 2.75) is 58.3 Å². The minimum atomic E-state index is 0.577. The molecule has 3 aliphatic rings. The zero-order chi connectivity index (χ0) is 11.9. The van der Waals surface area contributed by atoms with E-state index in [0.717, 1.165) is 17.8 Å². The molecule has 0 N–H and O–H groups in total. The summed E-state index contributed by atoms with van der Waals surface area (Å²) in [5.74, 6) is 2.65. The van der Waals surface area contributed by atoms with Crippen molar-refractivity contribution in [1.82, 2.24) is 0 Å². The molecule has 0 saturated heterocycles. The van der Waals surface area contributed by atoms with Crippen LogP contribution in [0.3, 0.4) is 0 Å². The second-order valence-corrected chi connectivity index (χ2v) is 6.76. The summed E-state index contributed by atoms with van der Waals surface area (Å²) in [6.07, 6.45) is 16.3. The molecular weight excluding hydrogens is 204 g/mol. The van der Waals surface area contributed by atoms with E-state index in [9.17, 15) is 0 Å². The molecule has 0 aliphatic heterocycles. The van der Waals surface area contributed by atoms with Gasteiger partial charge in [-0.15, -0.1) is 6.58 Å². The lowest BCUT2D eigenvalue weighted by Crippen LogP contribution is -2.41. The van der Waals surface area contributed by atoms with Gasteiger partial charge >= 0.3 is 0 Å². The third-order valence-corrected chi connectivity index (χ3v) is 5.92. The summed E-state index contributed by atoms with van der Waals surface area (Å²) in [6, 6.07) is 0. The standard InChI is InChI=1S/C17H26/c1-3-13-7-10-16-14(12-13)8-9-15-6-4-5-11-17(15,16)2/h3,10,13-15H,1,4-9,11-12H2,2H3/t13-,14?,15?,17+/m0/s1. The monoisotopic (exact) mass is 230 g/mol. The van der Waals surface area contributed by atoms with Crippen LogP contribution in [0.1, 0.15) is 58.3 Å². The van der Waals surface area contributed by atoms with Gasteiger partial charge < -0.3 is 0 Å². The average molecular weight is 230 g/mol. The van der Waals surface area contributed by atoms with Gasteiger partial charge in [-0.05, 0) is 61.7 Å². The molecule has 0 radical (unpaired) electrons. The molecule has 0 nitrogen and oxygen atoms in total. The van der Waals surface area contributed by atoms with Crippen molar-refractivity contribution in [3.63, 3.8) is 0 Å². The van der Waals surface area contributed by atoms with Crippen molar-refractivity contribution >= 4 is 0 Å². The molecule has 0 spiro atoms. The maximum absolute atomic E-state index is 3.99. The van der Waals surface area contributed by atoms with Gasteiger partial charge in [-0.25, -0.2) is 0 Å². The molecule has 0 bridgehead atoms. The summed E-state index contributed by atoms with van der Waals surface area (Å²) in [5.41, 5.74) is 2.43. The number of rotatable bonds is 1. The van der Waals surface area contributed by atoms with Gasteiger partial charge in [0.25, 0.3) is 0 Å². The summed E-state index contributed by atoms with van der Waals surface area (Å²) in [5, 5.41) is 0. The molecule has 4 atom stereocenters. The highest BCUT2D eigenvalue weighted by Gasteiger charge is 2.46. The quantitative estimate of drug-likeness (QED) is 0.549. The Bertz CT molecular complexity index is 338. The van der Waals surface area contributed by atoms with Crippen LogP contribution in [0.25, 0.3) is 0 Å². The molecule has 94 valence electrons. The molecule has 0 heterocycles. The van der Waals surface area contributed by atoms with Crippen molar-refractivity contribution in [3.05, 3.63) is 24.3 Å². The first kappa shape index (κ1) is 11.6. The second-order valence-electron chi connectivity index (χ2n) is 6.76. The SMILES string of the molecule is C=C[C@H]1CC=C2C(CCC3CCCC[C@@]23C)C1. The van der Waals surface area contributed by atoms with E-state index in [4.69, 9.17) is 0 Å². The van der Waals surface area contributed by atoms with Crippen LogP contribution in [-0.4, -0.2) is 0 Å². The molecule has 0 aromatic carbocycles. The van der Waals surface area contributed by atoms with Crippen LogP contribution < -0.4 is 0 Å². The fourth-order valence-corrected chi connectivity index (χ4v) is 4.85. The molecule has 2 saturated carbocycles. The normalized spacial score (nSPS) is 45.5. The van der Waals surface area contributed by atoms with Crippen LogP contribution >= 0.6 is 0 Å². The first-order valence-corrected chi connectivity index (χ1v) is 7.57. The minimum absolute atomic E-state index is 0.577. The minimum Gasteiger partial charge on any atom is -0.103 e. The Morgan fingerprint density at radius 3 is 3.00 bits per heavy atom. The zero-order valence-corrected chi connectivity index (χ0v) is 11.3. The van der Waals surface area contributed by atoms with E-state index in [-0.39, 0.29) is 0 Å². The maximum atomic E-state index is 3.99. The first-order chi connectivity index (χ1) is 8.24. The van der Waals surface area contributed by atoms with Gasteiger partial charge in [-0.3, -0.25) is 0 Å². The van der Waals surface area contributed by atoms with Gasteiger partial charge in [0.15, 0.2) is 0 Å². The van der Waals surface area contributed by atoms with E-state index in [1.807, 2.05) is 5.57 Å². The summed E-state index contributed by atoms with van der Waals surface area (Å²) < 4.78 is 0. The van der Waals surface area contributed by atoms with Gasteiger partial charge in [0.2, 0.25) is 0 Å². The molecule has 0 aromatic rings. The zero-order valence-electron chi connectivity index (χ0n) is 11.3. The van der Waals surface area contributed by atoms with Gasteiger partial charge in [-0.1, -0.05) is 37.5 Å². The van der Waals surface area contributed by atoms with E-state index < -0.39 is 0 Å². The van der Waals surface area contributed by atoms with Crippen LogP contribution in [0.2, 0.25) is 0 Å². The molecule has 3 aliphatic carbocycles. The fourth-order valence-electron chi connectivity index (χ4n) is 4.85. The number of allylic oxidation sites excluding steroid dienone is 3.